The Labute approximate surface area is 128 Å². The SMILES string of the molecule is CN(C)c1cccc(C(=O)NNC(=O)c2ccccc2O)c1. The van der Waals surface area contributed by atoms with Gasteiger partial charge in [0.05, 0.1) is 5.56 Å². The Morgan fingerprint density at radius 2 is 1.64 bits per heavy atom. The summed E-state index contributed by atoms with van der Waals surface area (Å²) in [6.45, 7) is 0. The van der Waals surface area contributed by atoms with Gasteiger partial charge in [0.2, 0.25) is 0 Å². The fourth-order valence-corrected chi connectivity index (χ4v) is 1.84. The molecule has 0 spiro atoms. The molecule has 3 N–H and O–H groups in total. The van der Waals surface area contributed by atoms with Crippen molar-refractivity contribution in [3.05, 3.63) is 59.7 Å². The molecule has 0 aromatic heterocycles. The summed E-state index contributed by atoms with van der Waals surface area (Å²) in [6, 6.07) is 13.1. The van der Waals surface area contributed by atoms with Crippen molar-refractivity contribution in [2.75, 3.05) is 19.0 Å². The van der Waals surface area contributed by atoms with Crippen LogP contribution in [-0.4, -0.2) is 31.0 Å². The molecule has 0 heterocycles. The quantitative estimate of drug-likeness (QED) is 0.751. The standard InChI is InChI=1S/C16H17N3O3/c1-19(2)12-7-5-6-11(10-12)15(21)17-18-16(22)13-8-3-4-9-14(13)20/h3-10,20H,1-2H3,(H,17,21)(H,18,22). The number of anilines is 1. The molecular formula is C16H17N3O3. The lowest BCUT2D eigenvalue weighted by Crippen LogP contribution is -2.41. The van der Waals surface area contributed by atoms with Crippen LogP contribution in [0.4, 0.5) is 5.69 Å². The molecule has 0 unspecified atom stereocenters. The number of hydrazine groups is 1. The third-order valence-electron chi connectivity index (χ3n) is 3.06. The second-order valence-electron chi connectivity index (χ2n) is 4.87. The molecule has 2 amide bonds. The van der Waals surface area contributed by atoms with E-state index in [0.29, 0.717) is 5.56 Å². The van der Waals surface area contributed by atoms with Crippen LogP contribution in [-0.2, 0) is 0 Å². The molecule has 0 saturated heterocycles. The van der Waals surface area contributed by atoms with Gasteiger partial charge in [-0.05, 0) is 30.3 Å². The van der Waals surface area contributed by atoms with Gasteiger partial charge in [-0.1, -0.05) is 18.2 Å². The first-order valence-corrected chi connectivity index (χ1v) is 6.65. The van der Waals surface area contributed by atoms with Crippen molar-refractivity contribution in [3.63, 3.8) is 0 Å². The van der Waals surface area contributed by atoms with E-state index in [1.165, 1.54) is 12.1 Å². The van der Waals surface area contributed by atoms with Crippen molar-refractivity contribution in [3.8, 4) is 5.75 Å². The lowest BCUT2D eigenvalue weighted by atomic mass is 10.2. The number of hydrogen-bond acceptors (Lipinski definition) is 4. The number of phenolic OH excluding ortho intramolecular Hbond substituents is 1. The third-order valence-corrected chi connectivity index (χ3v) is 3.06. The topological polar surface area (TPSA) is 81.7 Å². The fraction of sp³-hybridized carbons (Fsp3) is 0.125. The monoisotopic (exact) mass is 299 g/mol. The van der Waals surface area contributed by atoms with E-state index in [9.17, 15) is 14.7 Å². The van der Waals surface area contributed by atoms with Gasteiger partial charge in [-0.2, -0.15) is 0 Å². The first-order valence-electron chi connectivity index (χ1n) is 6.65. The van der Waals surface area contributed by atoms with Crippen LogP contribution in [0.3, 0.4) is 0 Å². The first-order chi connectivity index (χ1) is 10.5. The highest BCUT2D eigenvalue weighted by Crippen LogP contribution is 2.15. The minimum absolute atomic E-state index is 0.0878. The lowest BCUT2D eigenvalue weighted by molar-refractivity contribution is 0.0845. The molecule has 0 aliphatic rings. The van der Waals surface area contributed by atoms with E-state index in [1.807, 2.05) is 25.1 Å². The highest BCUT2D eigenvalue weighted by Gasteiger charge is 2.12. The number of nitrogens with one attached hydrogen (secondary N) is 2. The molecule has 22 heavy (non-hydrogen) atoms. The molecule has 0 aliphatic heterocycles. The second kappa shape index (κ2) is 6.62. The number of para-hydroxylation sites is 1. The van der Waals surface area contributed by atoms with Crippen LogP contribution < -0.4 is 15.8 Å². The maximum Gasteiger partial charge on any atom is 0.273 e. The minimum atomic E-state index is -0.588. The minimum Gasteiger partial charge on any atom is -0.507 e. The molecule has 2 aromatic carbocycles. The number of hydrogen-bond donors (Lipinski definition) is 3. The van der Waals surface area contributed by atoms with E-state index in [1.54, 1.807) is 30.3 Å². The summed E-state index contributed by atoms with van der Waals surface area (Å²) in [5.74, 6) is -1.17. The first kappa shape index (κ1) is 15.4. The van der Waals surface area contributed by atoms with Crippen molar-refractivity contribution in [1.29, 1.82) is 0 Å². The van der Waals surface area contributed by atoms with Crippen LogP contribution >= 0.6 is 0 Å². The van der Waals surface area contributed by atoms with E-state index in [-0.39, 0.29) is 11.3 Å². The zero-order valence-electron chi connectivity index (χ0n) is 12.3. The Bertz CT molecular complexity index is 699. The van der Waals surface area contributed by atoms with Gasteiger partial charge >= 0.3 is 0 Å². The number of carbonyl (C=O) groups is 2. The van der Waals surface area contributed by atoms with Crippen molar-refractivity contribution >= 4 is 17.5 Å². The van der Waals surface area contributed by atoms with Crippen LogP contribution in [0.15, 0.2) is 48.5 Å². The Morgan fingerprint density at radius 1 is 0.955 bits per heavy atom. The van der Waals surface area contributed by atoms with Crippen LogP contribution in [0.1, 0.15) is 20.7 Å². The van der Waals surface area contributed by atoms with E-state index in [2.05, 4.69) is 10.9 Å². The Balaban J connectivity index is 2.03. The van der Waals surface area contributed by atoms with Crippen molar-refractivity contribution in [2.45, 2.75) is 0 Å². The third kappa shape index (κ3) is 3.54. The maximum absolute atomic E-state index is 12.0. The molecular weight excluding hydrogens is 282 g/mol. The van der Waals surface area contributed by atoms with E-state index in [0.717, 1.165) is 5.69 Å². The van der Waals surface area contributed by atoms with Crippen molar-refractivity contribution in [2.24, 2.45) is 0 Å². The average Bonchev–Trinajstić information content (AvgIpc) is 2.52. The number of nitrogens with zero attached hydrogens (tertiary/aromatic N) is 1. The summed E-state index contributed by atoms with van der Waals surface area (Å²) >= 11 is 0. The van der Waals surface area contributed by atoms with E-state index in [4.69, 9.17) is 0 Å². The summed E-state index contributed by atoms with van der Waals surface area (Å²) in [6.07, 6.45) is 0. The molecule has 114 valence electrons. The molecule has 6 heteroatoms. The van der Waals surface area contributed by atoms with Gasteiger partial charge in [0.1, 0.15) is 5.75 Å². The van der Waals surface area contributed by atoms with Crippen LogP contribution in [0.2, 0.25) is 0 Å². The van der Waals surface area contributed by atoms with Gasteiger partial charge in [0, 0.05) is 25.3 Å². The van der Waals surface area contributed by atoms with Gasteiger partial charge in [-0.15, -0.1) is 0 Å². The number of aromatic hydroxyl groups is 1. The molecule has 0 aliphatic carbocycles. The lowest BCUT2D eigenvalue weighted by Gasteiger charge is -2.13. The number of amides is 2. The Hall–Kier alpha value is -3.02. The highest BCUT2D eigenvalue weighted by molar-refractivity contribution is 6.00. The van der Waals surface area contributed by atoms with Crippen molar-refractivity contribution < 1.29 is 14.7 Å². The number of carbonyl (C=O) groups excluding carboxylic acids is 2. The zero-order valence-corrected chi connectivity index (χ0v) is 12.3. The normalized spacial score (nSPS) is 9.91. The number of phenols is 1. The van der Waals surface area contributed by atoms with E-state index >= 15 is 0 Å². The van der Waals surface area contributed by atoms with Gasteiger partial charge in [-0.3, -0.25) is 20.4 Å². The summed E-state index contributed by atoms with van der Waals surface area (Å²) < 4.78 is 0. The summed E-state index contributed by atoms with van der Waals surface area (Å²) in [5, 5.41) is 9.58. The van der Waals surface area contributed by atoms with Crippen LogP contribution in [0.5, 0.6) is 5.75 Å². The maximum atomic E-state index is 12.0. The zero-order chi connectivity index (χ0) is 16.1. The van der Waals surface area contributed by atoms with Crippen LogP contribution in [0.25, 0.3) is 0 Å². The molecule has 0 bridgehead atoms. The molecule has 2 aromatic rings. The van der Waals surface area contributed by atoms with Gasteiger partial charge in [-0.25, -0.2) is 0 Å². The summed E-state index contributed by atoms with van der Waals surface area (Å²) in [4.78, 5) is 25.8. The predicted molar refractivity (Wildman–Crippen MR) is 83.8 cm³/mol. The Morgan fingerprint density at radius 3 is 2.32 bits per heavy atom. The van der Waals surface area contributed by atoms with Gasteiger partial charge in [0.25, 0.3) is 11.8 Å². The average molecular weight is 299 g/mol. The van der Waals surface area contributed by atoms with Crippen LogP contribution in [0, 0.1) is 0 Å². The number of rotatable bonds is 3. The fourth-order valence-electron chi connectivity index (χ4n) is 1.84. The highest BCUT2D eigenvalue weighted by atomic mass is 16.3. The summed E-state index contributed by atoms with van der Waals surface area (Å²) in [7, 11) is 3.74. The Kier molecular flexibility index (Phi) is 4.63. The van der Waals surface area contributed by atoms with Gasteiger partial charge in [0.15, 0.2) is 0 Å². The molecule has 0 radical (unpaired) electrons. The molecule has 0 saturated carbocycles. The molecule has 2 rings (SSSR count). The predicted octanol–water partition coefficient (Wildman–Crippen LogP) is 1.53. The van der Waals surface area contributed by atoms with Gasteiger partial charge < -0.3 is 10.0 Å². The summed E-state index contributed by atoms with van der Waals surface area (Å²) in [5.41, 5.74) is 5.98. The largest absolute Gasteiger partial charge is 0.507 e. The molecule has 6 nitrogen and oxygen atoms in total. The molecule has 0 fully saturated rings. The number of benzene rings is 2. The van der Waals surface area contributed by atoms with E-state index < -0.39 is 11.8 Å². The van der Waals surface area contributed by atoms with Crippen molar-refractivity contribution in [1.82, 2.24) is 10.9 Å². The second-order valence-corrected chi connectivity index (χ2v) is 4.87. The molecule has 0 atom stereocenters. The smallest absolute Gasteiger partial charge is 0.273 e.